The van der Waals surface area contributed by atoms with Gasteiger partial charge in [-0.3, -0.25) is 9.36 Å². The van der Waals surface area contributed by atoms with Crippen LogP contribution in [0.25, 0.3) is 33.3 Å². The first-order valence-corrected chi connectivity index (χ1v) is 21.8. The number of rotatable bonds is 8. The third-order valence-electron chi connectivity index (χ3n) is 10.9. The predicted molar refractivity (Wildman–Crippen MR) is 231 cm³/mol. The Kier molecular flexibility index (Phi) is 11.8. The van der Waals surface area contributed by atoms with Gasteiger partial charge in [0.1, 0.15) is 28.0 Å². The van der Waals surface area contributed by atoms with Crippen molar-refractivity contribution in [3.05, 3.63) is 120 Å². The van der Waals surface area contributed by atoms with Crippen LogP contribution in [-0.2, 0) is 0 Å². The van der Waals surface area contributed by atoms with Crippen molar-refractivity contribution < 1.29 is 8.78 Å². The Balaban J connectivity index is 0.000000158. The standard InChI is InChI=1S/2C22H20FN7S/c1-14-19(23)4-5-21(28-14)31-20-7-15(12-30-22(20)16(8-24)9-27-30)17-10-26-29(13-17)18-3-2-6-25-11-18;1-14-4-5-19(23)22(28-14)31-20-7-15(12-30-21(20)16(8-24)9-27-30)17-10-26-29(13-17)18-3-2-6-25-11-18/h2*4-5,7,9-10,12-13,18,25H,2-3,6,11H2,1H3. The van der Waals surface area contributed by atoms with E-state index in [-0.39, 0.29) is 10.8 Å². The average Bonchev–Trinajstić information content (AvgIpc) is 4.14. The zero-order valence-corrected chi connectivity index (χ0v) is 35.5. The summed E-state index contributed by atoms with van der Waals surface area (Å²) in [7, 11) is 0. The molecule has 0 bridgehead atoms. The van der Waals surface area contributed by atoms with Crippen molar-refractivity contribution in [1.82, 2.24) is 59.4 Å². The van der Waals surface area contributed by atoms with Crippen molar-refractivity contribution in [2.24, 2.45) is 0 Å². The van der Waals surface area contributed by atoms with Crippen molar-refractivity contribution in [2.45, 2.75) is 71.5 Å². The van der Waals surface area contributed by atoms with Gasteiger partial charge >= 0.3 is 0 Å². The first kappa shape index (κ1) is 40.9. The van der Waals surface area contributed by atoms with Crippen LogP contribution in [0.15, 0.2) is 106 Å². The summed E-state index contributed by atoms with van der Waals surface area (Å²) in [6.45, 7) is 7.39. The number of nitriles is 2. The fraction of sp³-hybridized carbons (Fsp3) is 0.273. The van der Waals surface area contributed by atoms with Crippen molar-refractivity contribution >= 4 is 34.6 Å². The van der Waals surface area contributed by atoms with E-state index in [0.29, 0.717) is 45.0 Å². The molecule has 2 saturated heterocycles. The molecule has 2 N–H and O–H groups in total. The summed E-state index contributed by atoms with van der Waals surface area (Å²) in [4.78, 5) is 10.2. The largest absolute Gasteiger partial charge is 0.315 e. The van der Waals surface area contributed by atoms with Crippen LogP contribution in [0.1, 0.15) is 60.3 Å². The van der Waals surface area contributed by atoms with E-state index in [9.17, 15) is 19.3 Å². The number of hydrogen-bond donors (Lipinski definition) is 2. The molecule has 2 atom stereocenters. The van der Waals surface area contributed by atoms with E-state index in [1.807, 2.05) is 59.4 Å². The molecule has 0 radical (unpaired) electrons. The smallest absolute Gasteiger partial charge is 0.155 e. The highest BCUT2D eigenvalue weighted by Gasteiger charge is 2.21. The monoisotopic (exact) mass is 866 g/mol. The van der Waals surface area contributed by atoms with E-state index in [1.54, 1.807) is 34.3 Å². The molecule has 0 spiro atoms. The lowest BCUT2D eigenvalue weighted by molar-refractivity contribution is 0.347. The van der Waals surface area contributed by atoms with Crippen molar-refractivity contribution in [3.63, 3.8) is 0 Å². The Morgan fingerprint density at radius 3 is 1.71 bits per heavy atom. The minimum atomic E-state index is -0.394. The van der Waals surface area contributed by atoms with Crippen LogP contribution in [-0.4, -0.2) is 74.9 Å². The molecule has 0 aliphatic carbocycles. The van der Waals surface area contributed by atoms with Crippen LogP contribution in [0.4, 0.5) is 8.78 Å². The molecule has 0 amide bonds. The molecule has 312 valence electrons. The normalized spacial score (nSPS) is 16.5. The number of halogens is 2. The summed E-state index contributed by atoms with van der Waals surface area (Å²) >= 11 is 2.59. The molecule has 0 saturated carbocycles. The third-order valence-corrected chi connectivity index (χ3v) is 12.9. The molecule has 8 aromatic rings. The molecule has 14 nitrogen and oxygen atoms in total. The van der Waals surface area contributed by atoms with E-state index >= 15 is 0 Å². The first-order valence-electron chi connectivity index (χ1n) is 20.2. The van der Waals surface area contributed by atoms with Crippen LogP contribution in [0.3, 0.4) is 0 Å². The van der Waals surface area contributed by atoms with Gasteiger partial charge in [-0.1, -0.05) is 23.5 Å². The van der Waals surface area contributed by atoms with Gasteiger partial charge in [0.25, 0.3) is 0 Å². The lowest BCUT2D eigenvalue weighted by Gasteiger charge is -2.22. The third kappa shape index (κ3) is 8.55. The van der Waals surface area contributed by atoms with Crippen molar-refractivity contribution in [1.29, 1.82) is 10.5 Å². The zero-order valence-electron chi connectivity index (χ0n) is 33.8. The predicted octanol–water partition coefficient (Wildman–Crippen LogP) is 7.98. The number of piperidine rings is 2. The number of pyridine rings is 4. The van der Waals surface area contributed by atoms with Crippen LogP contribution in [0.2, 0.25) is 0 Å². The number of aromatic nitrogens is 10. The van der Waals surface area contributed by atoms with E-state index in [0.717, 1.165) is 89.6 Å². The second-order valence-corrected chi connectivity index (χ2v) is 17.3. The van der Waals surface area contributed by atoms with Crippen LogP contribution in [0.5, 0.6) is 0 Å². The molecular formula is C44H40F2N14S2. The van der Waals surface area contributed by atoms with E-state index in [2.05, 4.69) is 59.3 Å². The van der Waals surface area contributed by atoms with Gasteiger partial charge in [-0.25, -0.2) is 27.8 Å². The average molecular weight is 867 g/mol. The number of hydrogen-bond acceptors (Lipinski definition) is 12. The molecule has 10 heterocycles. The molecule has 18 heteroatoms. The van der Waals surface area contributed by atoms with Gasteiger partial charge in [0, 0.05) is 75.6 Å². The first-order chi connectivity index (χ1) is 30.2. The summed E-state index contributed by atoms with van der Waals surface area (Å²) in [6, 6.07) is 15.1. The molecular weight excluding hydrogens is 827 g/mol. The highest BCUT2D eigenvalue weighted by atomic mass is 32.2. The number of fused-ring (bicyclic) bond motifs is 2. The zero-order chi connectivity index (χ0) is 42.7. The lowest BCUT2D eigenvalue weighted by atomic mass is 10.1. The fourth-order valence-electron chi connectivity index (χ4n) is 7.68. The Labute approximate surface area is 364 Å². The Bertz CT molecular complexity index is 3000. The quantitative estimate of drug-likeness (QED) is 0.151. The fourth-order valence-corrected chi connectivity index (χ4v) is 9.76. The van der Waals surface area contributed by atoms with Crippen LogP contribution in [0, 0.1) is 48.1 Å². The molecule has 2 aliphatic heterocycles. The second-order valence-electron chi connectivity index (χ2n) is 15.2. The Morgan fingerprint density at radius 2 is 1.19 bits per heavy atom. The maximum atomic E-state index is 14.4. The lowest BCUT2D eigenvalue weighted by Crippen LogP contribution is -2.31. The highest BCUT2D eigenvalue weighted by molar-refractivity contribution is 7.99. The molecule has 2 fully saturated rings. The summed E-state index contributed by atoms with van der Waals surface area (Å²) in [6.07, 6.45) is 19.1. The topological polar surface area (TPSA) is 168 Å². The number of nitrogens with one attached hydrogen (secondary N) is 2. The minimum Gasteiger partial charge on any atom is -0.315 e. The van der Waals surface area contributed by atoms with E-state index in [1.165, 1.54) is 41.9 Å². The molecule has 8 aromatic heterocycles. The van der Waals surface area contributed by atoms with E-state index < -0.39 is 5.82 Å². The van der Waals surface area contributed by atoms with Gasteiger partial charge in [0.05, 0.1) is 64.7 Å². The number of nitrogens with zero attached hydrogens (tertiary/aromatic N) is 12. The summed E-state index contributed by atoms with van der Waals surface area (Å²) in [5.74, 6) is -0.732. The molecule has 62 heavy (non-hydrogen) atoms. The van der Waals surface area contributed by atoms with Crippen molar-refractivity contribution in [3.8, 4) is 34.4 Å². The van der Waals surface area contributed by atoms with Crippen LogP contribution >= 0.6 is 23.5 Å². The minimum absolute atomic E-state index is 0.271. The molecule has 2 aliphatic rings. The highest BCUT2D eigenvalue weighted by Crippen LogP contribution is 2.38. The summed E-state index contributed by atoms with van der Waals surface area (Å²) in [5, 5.41) is 44.7. The Morgan fingerprint density at radius 1 is 0.645 bits per heavy atom. The van der Waals surface area contributed by atoms with Gasteiger partial charge in [-0.05, 0) is 89.0 Å². The molecule has 10 rings (SSSR count). The van der Waals surface area contributed by atoms with E-state index in [4.69, 9.17) is 0 Å². The Hall–Kier alpha value is -6.44. The molecule has 2 unspecified atom stereocenters. The maximum Gasteiger partial charge on any atom is 0.155 e. The van der Waals surface area contributed by atoms with Gasteiger partial charge in [0.2, 0.25) is 0 Å². The molecule has 0 aromatic carbocycles. The SMILES string of the molecule is Cc1ccc(F)c(Sc2cc(-c3cnn(C4CCCNC4)c3)cn3ncc(C#N)c23)n1.Cc1nc(Sc2cc(-c3cnn(C4CCCNC4)c3)cn3ncc(C#N)c23)ccc1F. The maximum absolute atomic E-state index is 14.4. The summed E-state index contributed by atoms with van der Waals surface area (Å²) in [5.41, 5.74) is 7.10. The summed E-state index contributed by atoms with van der Waals surface area (Å²) < 4.78 is 35.5. The van der Waals surface area contributed by atoms with Gasteiger partial charge < -0.3 is 10.6 Å². The van der Waals surface area contributed by atoms with Gasteiger partial charge in [0.15, 0.2) is 5.82 Å². The van der Waals surface area contributed by atoms with Gasteiger partial charge in [-0.15, -0.1) is 0 Å². The van der Waals surface area contributed by atoms with Crippen molar-refractivity contribution in [2.75, 3.05) is 26.2 Å². The number of aryl methyl sites for hydroxylation is 2. The van der Waals surface area contributed by atoms with Gasteiger partial charge in [-0.2, -0.15) is 30.9 Å². The van der Waals surface area contributed by atoms with Crippen LogP contribution < -0.4 is 10.6 Å². The second kappa shape index (κ2) is 17.9.